The molecule has 0 saturated carbocycles. The third-order valence-electron chi connectivity index (χ3n) is 5.54. The molecule has 0 amide bonds. The van der Waals surface area contributed by atoms with Gasteiger partial charge in [0.2, 0.25) is 0 Å². The van der Waals surface area contributed by atoms with Gasteiger partial charge in [0.1, 0.15) is 0 Å². The van der Waals surface area contributed by atoms with Crippen LogP contribution in [0.4, 0.5) is 0 Å². The van der Waals surface area contributed by atoms with Gasteiger partial charge in [-0.2, -0.15) is 0 Å². The molecule has 1 N–H and O–H groups in total. The largest absolute Gasteiger partial charge is 0.419 e. The molecule has 0 aliphatic heterocycles. The molecule has 3 rings (SSSR count). The van der Waals surface area contributed by atoms with E-state index in [1.54, 1.807) is 42.5 Å². The number of hydrogen-bond acceptors (Lipinski definition) is 6. The summed E-state index contributed by atoms with van der Waals surface area (Å²) in [6, 6.07) is 18.0. The van der Waals surface area contributed by atoms with Crippen molar-refractivity contribution in [2.45, 2.75) is 59.5 Å². The van der Waals surface area contributed by atoms with Crippen molar-refractivity contribution in [3.63, 3.8) is 0 Å². The van der Waals surface area contributed by atoms with Gasteiger partial charge in [0.25, 0.3) is 0 Å². The number of hydrogen-bond donors (Lipinski definition) is 1. The first-order valence-corrected chi connectivity index (χ1v) is 12.0. The predicted octanol–water partition coefficient (Wildman–Crippen LogP) is 6.09. The second-order valence-electron chi connectivity index (χ2n) is 9.89. The van der Waals surface area contributed by atoms with Gasteiger partial charge in [-0.3, -0.25) is 4.79 Å². The van der Waals surface area contributed by atoms with Crippen LogP contribution in [-0.4, -0.2) is 29.3 Å². The van der Waals surface area contributed by atoms with Crippen LogP contribution in [0, 0.1) is 13.8 Å². The van der Waals surface area contributed by atoms with Crippen LogP contribution < -0.4 is 14.8 Å². The van der Waals surface area contributed by atoms with Crippen molar-refractivity contribution in [2.24, 2.45) is 0 Å². The Morgan fingerprint density at radius 1 is 0.722 bits per heavy atom. The number of carbonyl (C=O) groups excluding carboxylic acids is 3. The van der Waals surface area contributed by atoms with E-state index in [-0.39, 0.29) is 22.8 Å². The SMILES string of the molecule is CCC(NC(C)(C)C)C(=O)c1ccc(OC(=O)c2ccc(C)cc2)c(OC(=O)c2ccc(C)cc2)c1. The topological polar surface area (TPSA) is 81.7 Å². The fourth-order valence-corrected chi connectivity index (χ4v) is 3.60. The molecule has 3 aromatic carbocycles. The van der Waals surface area contributed by atoms with Crippen LogP contribution in [0.15, 0.2) is 66.7 Å². The zero-order valence-corrected chi connectivity index (χ0v) is 21.7. The van der Waals surface area contributed by atoms with Gasteiger partial charge in [0.05, 0.1) is 17.2 Å². The van der Waals surface area contributed by atoms with Gasteiger partial charge in [-0.05, 0) is 83.5 Å². The van der Waals surface area contributed by atoms with Gasteiger partial charge in [0, 0.05) is 11.1 Å². The van der Waals surface area contributed by atoms with Crippen LogP contribution >= 0.6 is 0 Å². The Morgan fingerprint density at radius 3 is 1.61 bits per heavy atom. The Kier molecular flexibility index (Phi) is 8.43. The zero-order chi connectivity index (χ0) is 26.5. The molecule has 0 saturated heterocycles. The highest BCUT2D eigenvalue weighted by Crippen LogP contribution is 2.31. The molecule has 6 nitrogen and oxygen atoms in total. The summed E-state index contributed by atoms with van der Waals surface area (Å²) in [5.41, 5.74) is 2.80. The van der Waals surface area contributed by atoms with E-state index in [0.29, 0.717) is 23.1 Å². The first-order chi connectivity index (χ1) is 17.0. The Bertz CT molecular complexity index is 1240. The van der Waals surface area contributed by atoms with Gasteiger partial charge in [0.15, 0.2) is 17.3 Å². The lowest BCUT2D eigenvalue weighted by atomic mass is 9.98. The van der Waals surface area contributed by atoms with Crippen molar-refractivity contribution < 1.29 is 23.9 Å². The number of esters is 2. The number of carbonyl (C=O) groups is 3. The zero-order valence-electron chi connectivity index (χ0n) is 21.7. The van der Waals surface area contributed by atoms with Crippen LogP contribution in [0.25, 0.3) is 0 Å². The van der Waals surface area contributed by atoms with Crippen molar-refractivity contribution in [1.82, 2.24) is 5.32 Å². The average molecular weight is 488 g/mol. The molecule has 1 unspecified atom stereocenters. The maximum absolute atomic E-state index is 13.3. The van der Waals surface area contributed by atoms with Crippen molar-refractivity contribution in [3.05, 3.63) is 94.5 Å². The molecule has 1 atom stereocenters. The minimum Gasteiger partial charge on any atom is -0.419 e. The van der Waals surface area contributed by atoms with Gasteiger partial charge in [-0.25, -0.2) is 9.59 Å². The fraction of sp³-hybridized carbons (Fsp3) is 0.300. The summed E-state index contributed by atoms with van der Waals surface area (Å²) in [7, 11) is 0. The quantitative estimate of drug-likeness (QED) is 0.235. The highest BCUT2D eigenvalue weighted by molar-refractivity contribution is 6.01. The highest BCUT2D eigenvalue weighted by atomic mass is 16.6. The first-order valence-electron chi connectivity index (χ1n) is 12.0. The van der Waals surface area contributed by atoms with Crippen molar-refractivity contribution in [2.75, 3.05) is 0 Å². The lowest BCUT2D eigenvalue weighted by Gasteiger charge is -2.27. The second-order valence-corrected chi connectivity index (χ2v) is 9.89. The van der Waals surface area contributed by atoms with Gasteiger partial charge < -0.3 is 14.8 Å². The van der Waals surface area contributed by atoms with E-state index in [2.05, 4.69) is 5.32 Å². The summed E-state index contributed by atoms with van der Waals surface area (Å²) in [6.45, 7) is 11.7. The number of nitrogens with one attached hydrogen (secondary N) is 1. The van der Waals surface area contributed by atoms with Crippen LogP contribution in [0.1, 0.15) is 76.3 Å². The molecule has 188 valence electrons. The van der Waals surface area contributed by atoms with Crippen molar-refractivity contribution in [1.29, 1.82) is 0 Å². The van der Waals surface area contributed by atoms with E-state index in [1.807, 2.05) is 53.7 Å². The summed E-state index contributed by atoms with van der Waals surface area (Å²) < 4.78 is 11.2. The Hall–Kier alpha value is -3.77. The maximum atomic E-state index is 13.3. The summed E-state index contributed by atoms with van der Waals surface area (Å²) in [5.74, 6) is -1.31. The molecule has 0 aliphatic carbocycles. The lowest BCUT2D eigenvalue weighted by molar-refractivity contribution is 0.0682. The Labute approximate surface area is 212 Å². The van der Waals surface area contributed by atoms with Gasteiger partial charge in [-0.15, -0.1) is 0 Å². The summed E-state index contributed by atoms with van der Waals surface area (Å²) >= 11 is 0. The second kappa shape index (κ2) is 11.3. The number of ketones is 1. The molecule has 36 heavy (non-hydrogen) atoms. The van der Waals surface area contributed by atoms with E-state index >= 15 is 0 Å². The third kappa shape index (κ3) is 7.12. The average Bonchev–Trinajstić information content (AvgIpc) is 2.83. The normalized spacial score (nSPS) is 12.1. The van der Waals surface area contributed by atoms with Crippen LogP contribution in [0.2, 0.25) is 0 Å². The lowest BCUT2D eigenvalue weighted by Crippen LogP contribution is -2.47. The maximum Gasteiger partial charge on any atom is 0.343 e. The molecule has 0 heterocycles. The molecule has 0 radical (unpaired) electrons. The smallest absolute Gasteiger partial charge is 0.343 e. The van der Waals surface area contributed by atoms with E-state index in [1.165, 1.54) is 12.1 Å². The number of benzene rings is 3. The molecular weight excluding hydrogens is 454 g/mol. The number of Topliss-reactive ketones (excluding diaryl/α,β-unsaturated/α-hetero) is 1. The first kappa shape index (κ1) is 26.8. The van der Waals surface area contributed by atoms with Gasteiger partial charge in [-0.1, -0.05) is 42.3 Å². The van der Waals surface area contributed by atoms with Crippen molar-refractivity contribution in [3.8, 4) is 11.5 Å². The van der Waals surface area contributed by atoms with Crippen molar-refractivity contribution >= 4 is 17.7 Å². The molecule has 0 fully saturated rings. The molecule has 0 aliphatic rings. The third-order valence-corrected chi connectivity index (χ3v) is 5.54. The molecule has 3 aromatic rings. The van der Waals surface area contributed by atoms with E-state index in [0.717, 1.165) is 11.1 Å². The van der Waals surface area contributed by atoms with Crippen LogP contribution in [-0.2, 0) is 0 Å². The standard InChI is InChI=1S/C30H33NO5/c1-7-24(31-30(4,5)6)27(32)23-16-17-25(35-28(33)21-12-8-19(2)9-13-21)26(18-23)36-29(34)22-14-10-20(3)11-15-22/h8-18,24,31H,7H2,1-6H3. The monoisotopic (exact) mass is 487 g/mol. The molecule has 6 heteroatoms. The van der Waals surface area contributed by atoms with E-state index < -0.39 is 18.0 Å². The number of ether oxygens (including phenoxy) is 2. The number of aryl methyl sites for hydroxylation is 2. The molecular formula is C30H33NO5. The summed E-state index contributed by atoms with van der Waals surface area (Å²) in [5, 5.41) is 3.33. The molecule has 0 spiro atoms. The highest BCUT2D eigenvalue weighted by Gasteiger charge is 2.25. The van der Waals surface area contributed by atoms with E-state index in [9.17, 15) is 14.4 Å². The Morgan fingerprint density at radius 2 is 1.17 bits per heavy atom. The van der Waals surface area contributed by atoms with Crippen LogP contribution in [0.3, 0.4) is 0 Å². The molecule has 0 aromatic heterocycles. The van der Waals surface area contributed by atoms with Gasteiger partial charge >= 0.3 is 11.9 Å². The van der Waals surface area contributed by atoms with E-state index in [4.69, 9.17) is 9.47 Å². The minimum absolute atomic E-state index is 0.00232. The predicted molar refractivity (Wildman–Crippen MR) is 140 cm³/mol. The Balaban J connectivity index is 1.95. The molecule has 0 bridgehead atoms. The number of rotatable bonds is 8. The summed E-state index contributed by atoms with van der Waals surface area (Å²) in [4.78, 5) is 38.9. The minimum atomic E-state index is -0.618. The van der Waals surface area contributed by atoms with Crippen LogP contribution in [0.5, 0.6) is 11.5 Å². The summed E-state index contributed by atoms with van der Waals surface area (Å²) in [6.07, 6.45) is 0.582. The fourth-order valence-electron chi connectivity index (χ4n) is 3.60.